The second-order valence-corrected chi connectivity index (χ2v) is 5.30. The fraction of sp³-hybridized carbons (Fsp3) is 0.278. The minimum atomic E-state index is -0.0626. The molecular weight excluding hydrogens is 246 g/mol. The summed E-state index contributed by atoms with van der Waals surface area (Å²) >= 11 is 0. The van der Waals surface area contributed by atoms with Crippen molar-refractivity contribution in [1.29, 1.82) is 0 Å². The third-order valence-electron chi connectivity index (χ3n) is 4.06. The van der Waals surface area contributed by atoms with Crippen molar-refractivity contribution in [2.75, 3.05) is 6.54 Å². The zero-order chi connectivity index (χ0) is 13.9. The molecule has 2 heteroatoms. The lowest BCUT2D eigenvalue weighted by atomic mass is 9.85. The Kier molecular flexibility index (Phi) is 3.66. The van der Waals surface area contributed by atoms with Gasteiger partial charge in [0.05, 0.1) is 5.92 Å². The second-order valence-electron chi connectivity index (χ2n) is 5.30. The zero-order valence-corrected chi connectivity index (χ0v) is 11.7. The van der Waals surface area contributed by atoms with E-state index in [1.54, 1.807) is 0 Å². The van der Waals surface area contributed by atoms with Crippen LogP contribution in [0.15, 0.2) is 48.5 Å². The Balaban J connectivity index is 1.91. The summed E-state index contributed by atoms with van der Waals surface area (Å²) < 4.78 is 0. The highest BCUT2D eigenvalue weighted by Gasteiger charge is 2.26. The van der Waals surface area contributed by atoms with Crippen LogP contribution in [0, 0.1) is 0 Å². The SMILES string of the molecule is CCc1ccc(C(=O)C2CNCc3ccccc32)cc1. The van der Waals surface area contributed by atoms with E-state index in [4.69, 9.17) is 0 Å². The van der Waals surface area contributed by atoms with Crippen molar-refractivity contribution in [3.8, 4) is 0 Å². The predicted octanol–water partition coefficient (Wildman–Crippen LogP) is 3.32. The summed E-state index contributed by atoms with van der Waals surface area (Å²) in [5, 5.41) is 3.34. The van der Waals surface area contributed by atoms with Crippen LogP contribution in [0.2, 0.25) is 0 Å². The maximum absolute atomic E-state index is 12.7. The normalized spacial score (nSPS) is 17.6. The summed E-state index contributed by atoms with van der Waals surface area (Å²) in [7, 11) is 0. The van der Waals surface area contributed by atoms with Crippen molar-refractivity contribution >= 4 is 5.78 Å². The molecule has 20 heavy (non-hydrogen) atoms. The highest BCUT2D eigenvalue weighted by Crippen LogP contribution is 2.27. The van der Waals surface area contributed by atoms with Gasteiger partial charge in [0.25, 0.3) is 0 Å². The smallest absolute Gasteiger partial charge is 0.171 e. The number of benzene rings is 2. The highest BCUT2D eigenvalue weighted by molar-refractivity contribution is 6.01. The van der Waals surface area contributed by atoms with Crippen LogP contribution in [0.3, 0.4) is 0 Å². The van der Waals surface area contributed by atoms with Crippen LogP contribution in [0.1, 0.15) is 39.9 Å². The summed E-state index contributed by atoms with van der Waals surface area (Å²) in [6.07, 6.45) is 1.00. The fourth-order valence-corrected chi connectivity index (χ4v) is 2.84. The van der Waals surface area contributed by atoms with Crippen molar-refractivity contribution in [1.82, 2.24) is 5.32 Å². The van der Waals surface area contributed by atoms with E-state index in [9.17, 15) is 4.79 Å². The van der Waals surface area contributed by atoms with Gasteiger partial charge in [-0.15, -0.1) is 0 Å². The molecular formula is C18H19NO. The zero-order valence-electron chi connectivity index (χ0n) is 11.7. The van der Waals surface area contributed by atoms with E-state index >= 15 is 0 Å². The molecule has 2 aromatic carbocycles. The molecule has 0 aromatic heterocycles. The molecule has 0 fully saturated rings. The first kappa shape index (κ1) is 13.1. The molecule has 1 atom stereocenters. The number of hydrogen-bond acceptors (Lipinski definition) is 2. The Bertz CT molecular complexity index is 616. The van der Waals surface area contributed by atoms with Gasteiger partial charge in [-0.2, -0.15) is 0 Å². The van der Waals surface area contributed by atoms with Crippen molar-refractivity contribution < 1.29 is 4.79 Å². The minimum Gasteiger partial charge on any atom is -0.312 e. The van der Waals surface area contributed by atoms with Gasteiger partial charge in [-0.3, -0.25) is 4.79 Å². The monoisotopic (exact) mass is 265 g/mol. The standard InChI is InChI=1S/C18H19NO/c1-2-13-7-9-14(10-8-13)18(20)17-12-19-11-15-5-3-4-6-16(15)17/h3-10,17,19H,2,11-12H2,1H3. The molecule has 1 aliphatic rings. The van der Waals surface area contributed by atoms with Gasteiger partial charge in [-0.25, -0.2) is 0 Å². The molecule has 1 heterocycles. The predicted molar refractivity (Wildman–Crippen MR) is 81.0 cm³/mol. The largest absolute Gasteiger partial charge is 0.312 e. The molecule has 0 bridgehead atoms. The fourth-order valence-electron chi connectivity index (χ4n) is 2.84. The van der Waals surface area contributed by atoms with Gasteiger partial charge in [-0.05, 0) is 23.1 Å². The molecule has 0 spiro atoms. The van der Waals surface area contributed by atoms with Gasteiger partial charge in [0.1, 0.15) is 0 Å². The molecule has 1 N–H and O–H groups in total. The summed E-state index contributed by atoms with van der Waals surface area (Å²) in [4.78, 5) is 12.7. The molecule has 1 unspecified atom stereocenters. The molecule has 3 rings (SSSR count). The molecule has 0 radical (unpaired) electrons. The number of hydrogen-bond donors (Lipinski definition) is 1. The van der Waals surface area contributed by atoms with Crippen LogP contribution in [-0.4, -0.2) is 12.3 Å². The van der Waals surface area contributed by atoms with Gasteiger partial charge in [0.2, 0.25) is 0 Å². The number of Topliss-reactive ketones (excluding diaryl/α,β-unsaturated/α-hetero) is 1. The number of fused-ring (bicyclic) bond motifs is 1. The average Bonchev–Trinajstić information content (AvgIpc) is 2.54. The first-order valence-electron chi connectivity index (χ1n) is 7.21. The highest BCUT2D eigenvalue weighted by atomic mass is 16.1. The van der Waals surface area contributed by atoms with Gasteiger partial charge in [0.15, 0.2) is 5.78 Å². The number of aryl methyl sites for hydroxylation is 1. The molecule has 102 valence electrons. The van der Waals surface area contributed by atoms with Crippen LogP contribution in [0.4, 0.5) is 0 Å². The molecule has 2 aromatic rings. The van der Waals surface area contributed by atoms with Crippen LogP contribution in [0.5, 0.6) is 0 Å². The van der Waals surface area contributed by atoms with E-state index in [2.05, 4.69) is 36.5 Å². The Morgan fingerprint density at radius 1 is 1.15 bits per heavy atom. The topological polar surface area (TPSA) is 29.1 Å². The lowest BCUT2D eigenvalue weighted by Crippen LogP contribution is -2.32. The lowest BCUT2D eigenvalue weighted by Gasteiger charge is -2.25. The van der Waals surface area contributed by atoms with Crippen molar-refractivity contribution in [3.05, 3.63) is 70.8 Å². The molecule has 0 saturated carbocycles. The number of carbonyl (C=O) groups excluding carboxylic acids is 1. The van der Waals surface area contributed by atoms with E-state index in [1.807, 2.05) is 24.3 Å². The molecule has 0 saturated heterocycles. The Morgan fingerprint density at radius 3 is 2.65 bits per heavy atom. The summed E-state index contributed by atoms with van der Waals surface area (Å²) in [5.74, 6) is 0.153. The summed E-state index contributed by atoms with van der Waals surface area (Å²) in [5.41, 5.74) is 4.49. The van der Waals surface area contributed by atoms with Crippen LogP contribution >= 0.6 is 0 Å². The third kappa shape index (κ3) is 2.39. The number of carbonyl (C=O) groups is 1. The van der Waals surface area contributed by atoms with Gasteiger partial charge < -0.3 is 5.32 Å². The van der Waals surface area contributed by atoms with E-state index in [0.717, 1.165) is 25.1 Å². The lowest BCUT2D eigenvalue weighted by molar-refractivity contribution is 0.0955. The number of rotatable bonds is 3. The van der Waals surface area contributed by atoms with Gasteiger partial charge >= 0.3 is 0 Å². The quantitative estimate of drug-likeness (QED) is 0.863. The van der Waals surface area contributed by atoms with Crippen molar-refractivity contribution in [2.45, 2.75) is 25.8 Å². The van der Waals surface area contributed by atoms with Gasteiger partial charge in [0, 0.05) is 18.7 Å². The van der Waals surface area contributed by atoms with E-state index in [-0.39, 0.29) is 11.7 Å². The number of nitrogens with one attached hydrogen (secondary N) is 1. The van der Waals surface area contributed by atoms with E-state index < -0.39 is 0 Å². The Labute approximate surface area is 119 Å². The maximum atomic E-state index is 12.7. The van der Waals surface area contributed by atoms with Crippen LogP contribution in [0.25, 0.3) is 0 Å². The average molecular weight is 265 g/mol. The Hall–Kier alpha value is -1.93. The molecule has 2 nitrogen and oxygen atoms in total. The minimum absolute atomic E-state index is 0.0626. The summed E-state index contributed by atoms with van der Waals surface area (Å²) in [6.45, 7) is 3.71. The maximum Gasteiger partial charge on any atom is 0.171 e. The summed E-state index contributed by atoms with van der Waals surface area (Å²) in [6, 6.07) is 16.2. The molecule has 0 amide bonds. The van der Waals surface area contributed by atoms with E-state index in [0.29, 0.717) is 0 Å². The van der Waals surface area contributed by atoms with Crippen molar-refractivity contribution in [2.24, 2.45) is 0 Å². The van der Waals surface area contributed by atoms with Crippen LogP contribution in [-0.2, 0) is 13.0 Å². The number of ketones is 1. The molecule has 0 aliphatic carbocycles. The third-order valence-corrected chi connectivity index (χ3v) is 4.06. The van der Waals surface area contributed by atoms with Crippen LogP contribution < -0.4 is 5.32 Å². The van der Waals surface area contributed by atoms with Crippen molar-refractivity contribution in [3.63, 3.8) is 0 Å². The second kappa shape index (κ2) is 5.59. The first-order valence-corrected chi connectivity index (χ1v) is 7.21. The first-order chi connectivity index (χ1) is 9.79. The van der Waals surface area contributed by atoms with E-state index in [1.165, 1.54) is 16.7 Å². The van der Waals surface area contributed by atoms with Gasteiger partial charge in [-0.1, -0.05) is 55.5 Å². The molecule has 1 aliphatic heterocycles. The Morgan fingerprint density at radius 2 is 1.90 bits per heavy atom.